The molecule has 0 atom stereocenters. The fraction of sp³-hybridized carbons (Fsp3) is 0.438. The van der Waals surface area contributed by atoms with Crippen LogP contribution in [-0.2, 0) is 18.5 Å². The van der Waals surface area contributed by atoms with Gasteiger partial charge < -0.3 is 9.30 Å². The fourth-order valence-electron chi connectivity index (χ4n) is 2.01. The Labute approximate surface area is 136 Å². The Kier molecular flexibility index (Phi) is 5.33. The maximum Gasteiger partial charge on any atom is 0.250 e. The van der Waals surface area contributed by atoms with Crippen molar-refractivity contribution in [2.24, 2.45) is 7.05 Å². The highest BCUT2D eigenvalue weighted by molar-refractivity contribution is 6.76. The third-order valence-corrected chi connectivity index (χ3v) is 5.25. The fourth-order valence-corrected chi connectivity index (χ4v) is 2.76. The van der Waals surface area contributed by atoms with Crippen molar-refractivity contribution in [3.63, 3.8) is 0 Å². The quantitative estimate of drug-likeness (QED) is 0.443. The lowest BCUT2D eigenvalue weighted by atomic mass is 10.2. The molecule has 2 aromatic rings. The van der Waals surface area contributed by atoms with Crippen molar-refractivity contribution >= 4 is 14.4 Å². The molecule has 0 bridgehead atoms. The first-order valence-corrected chi connectivity index (χ1v) is 11.3. The second-order valence-corrected chi connectivity index (χ2v) is 12.4. The summed E-state index contributed by atoms with van der Waals surface area (Å²) in [7, 11) is 0.551. The number of carbonyl (C=O) groups is 1. The van der Waals surface area contributed by atoms with E-state index in [0.717, 1.165) is 12.3 Å². The highest BCUT2D eigenvalue weighted by Crippen LogP contribution is 2.17. The van der Waals surface area contributed by atoms with Crippen LogP contribution in [-0.4, -0.2) is 35.3 Å². The summed E-state index contributed by atoms with van der Waals surface area (Å²) >= 11 is 0. The van der Waals surface area contributed by atoms with Crippen molar-refractivity contribution in [2.75, 3.05) is 6.61 Å². The molecular weight excluding hydrogens is 310 g/mol. The lowest BCUT2D eigenvalue weighted by molar-refractivity contribution is 0.0755. The SMILES string of the molecule is Cn1ccc(-c2cc(C=O)n(COCC[Si](C)(C)C)n2)cc1=O. The summed E-state index contributed by atoms with van der Waals surface area (Å²) in [4.78, 5) is 22.9. The minimum Gasteiger partial charge on any atom is -0.360 e. The maximum absolute atomic E-state index is 11.7. The van der Waals surface area contributed by atoms with E-state index in [4.69, 9.17) is 4.74 Å². The van der Waals surface area contributed by atoms with E-state index in [0.29, 0.717) is 23.6 Å². The molecule has 0 aliphatic heterocycles. The third-order valence-electron chi connectivity index (χ3n) is 3.54. The zero-order valence-corrected chi connectivity index (χ0v) is 15.1. The van der Waals surface area contributed by atoms with Crippen molar-refractivity contribution in [2.45, 2.75) is 32.4 Å². The summed E-state index contributed by atoms with van der Waals surface area (Å²) in [6.45, 7) is 7.76. The number of aryl methyl sites for hydroxylation is 1. The van der Waals surface area contributed by atoms with Crippen LogP contribution in [0.2, 0.25) is 25.7 Å². The van der Waals surface area contributed by atoms with Crippen LogP contribution in [0.25, 0.3) is 11.3 Å². The summed E-state index contributed by atoms with van der Waals surface area (Å²) < 4.78 is 8.66. The minimum atomic E-state index is -1.14. The first kappa shape index (κ1) is 17.4. The predicted octanol–water partition coefficient (Wildman–Crippen LogP) is 2.37. The number of aromatic nitrogens is 3. The molecule has 124 valence electrons. The van der Waals surface area contributed by atoms with Crippen LogP contribution in [0.1, 0.15) is 10.5 Å². The number of aldehydes is 1. The molecule has 0 amide bonds. The topological polar surface area (TPSA) is 66.1 Å². The lowest BCUT2D eigenvalue weighted by Gasteiger charge is -2.15. The van der Waals surface area contributed by atoms with Crippen molar-refractivity contribution in [1.82, 2.24) is 14.3 Å². The van der Waals surface area contributed by atoms with Crippen LogP contribution in [0.15, 0.2) is 29.2 Å². The molecule has 0 saturated heterocycles. The first-order chi connectivity index (χ1) is 10.8. The highest BCUT2D eigenvalue weighted by atomic mass is 28.3. The largest absolute Gasteiger partial charge is 0.360 e. The Bertz CT molecular complexity index is 744. The summed E-state index contributed by atoms with van der Waals surface area (Å²) in [5.74, 6) is 0. The number of rotatable bonds is 7. The summed E-state index contributed by atoms with van der Waals surface area (Å²) in [6, 6.07) is 6.04. The van der Waals surface area contributed by atoms with Gasteiger partial charge >= 0.3 is 0 Å². The van der Waals surface area contributed by atoms with Gasteiger partial charge in [0, 0.05) is 39.6 Å². The van der Waals surface area contributed by atoms with Gasteiger partial charge in [0.25, 0.3) is 5.56 Å². The minimum absolute atomic E-state index is 0.115. The molecule has 0 aromatic carbocycles. The van der Waals surface area contributed by atoms with E-state index in [1.54, 1.807) is 25.4 Å². The van der Waals surface area contributed by atoms with E-state index in [9.17, 15) is 9.59 Å². The monoisotopic (exact) mass is 333 g/mol. The summed E-state index contributed by atoms with van der Waals surface area (Å²) in [5, 5.41) is 4.38. The standard InChI is InChI=1S/C16H23N3O3Si/c1-18-6-5-13(9-16(18)21)15-10-14(11-20)19(17-15)12-22-7-8-23(2,3)4/h5-6,9-11H,7-8,12H2,1-4H3. The van der Waals surface area contributed by atoms with Crippen LogP contribution in [0.4, 0.5) is 0 Å². The van der Waals surface area contributed by atoms with E-state index in [1.807, 2.05) is 0 Å². The number of carbonyl (C=O) groups excluding carboxylic acids is 1. The molecule has 0 aliphatic carbocycles. The van der Waals surface area contributed by atoms with Gasteiger partial charge in [-0.05, 0) is 18.2 Å². The molecule has 23 heavy (non-hydrogen) atoms. The van der Waals surface area contributed by atoms with Crippen LogP contribution >= 0.6 is 0 Å². The number of nitrogens with zero attached hydrogens (tertiary/aromatic N) is 3. The molecular formula is C16H23N3O3Si. The molecule has 0 saturated carbocycles. The van der Waals surface area contributed by atoms with Crippen molar-refractivity contribution in [3.8, 4) is 11.3 Å². The van der Waals surface area contributed by atoms with Crippen molar-refractivity contribution in [1.29, 1.82) is 0 Å². The van der Waals surface area contributed by atoms with Crippen LogP contribution in [0.5, 0.6) is 0 Å². The molecule has 6 nitrogen and oxygen atoms in total. The molecule has 0 fully saturated rings. The molecule has 0 N–H and O–H groups in total. The molecule has 2 rings (SSSR count). The number of ether oxygens (including phenoxy) is 1. The van der Waals surface area contributed by atoms with Gasteiger partial charge in [-0.25, -0.2) is 4.68 Å². The predicted molar refractivity (Wildman–Crippen MR) is 92.4 cm³/mol. The molecule has 0 spiro atoms. The van der Waals surface area contributed by atoms with Crippen LogP contribution in [0, 0.1) is 0 Å². The Morgan fingerprint density at radius 2 is 2.04 bits per heavy atom. The average Bonchev–Trinajstić information content (AvgIpc) is 2.89. The van der Waals surface area contributed by atoms with Crippen LogP contribution in [0.3, 0.4) is 0 Å². The Balaban J connectivity index is 2.12. The average molecular weight is 333 g/mol. The van der Waals surface area contributed by atoms with Gasteiger partial charge in [-0.2, -0.15) is 5.10 Å². The number of hydrogen-bond acceptors (Lipinski definition) is 4. The smallest absolute Gasteiger partial charge is 0.250 e. The van der Waals surface area contributed by atoms with E-state index < -0.39 is 8.07 Å². The Morgan fingerprint density at radius 3 is 2.65 bits per heavy atom. The molecule has 0 aliphatic rings. The van der Waals surface area contributed by atoms with Gasteiger partial charge in [0.15, 0.2) is 6.29 Å². The van der Waals surface area contributed by atoms with Gasteiger partial charge in [0.2, 0.25) is 0 Å². The summed E-state index contributed by atoms with van der Waals surface area (Å²) in [6.07, 6.45) is 2.43. The van der Waals surface area contributed by atoms with Crippen molar-refractivity contribution in [3.05, 3.63) is 40.4 Å². The van der Waals surface area contributed by atoms with Gasteiger partial charge in [-0.15, -0.1) is 0 Å². The Morgan fingerprint density at radius 1 is 1.30 bits per heavy atom. The van der Waals surface area contributed by atoms with Gasteiger partial charge in [0.1, 0.15) is 12.4 Å². The van der Waals surface area contributed by atoms with E-state index in [-0.39, 0.29) is 12.3 Å². The van der Waals surface area contributed by atoms with Crippen molar-refractivity contribution < 1.29 is 9.53 Å². The molecule has 7 heteroatoms. The van der Waals surface area contributed by atoms with Gasteiger partial charge in [-0.1, -0.05) is 19.6 Å². The molecule has 2 aromatic heterocycles. The second-order valence-electron chi connectivity index (χ2n) is 6.78. The zero-order chi connectivity index (χ0) is 17.0. The van der Waals surface area contributed by atoms with E-state index >= 15 is 0 Å². The number of pyridine rings is 1. The molecule has 0 unspecified atom stereocenters. The second kappa shape index (κ2) is 7.06. The maximum atomic E-state index is 11.7. The first-order valence-electron chi connectivity index (χ1n) is 7.58. The lowest BCUT2D eigenvalue weighted by Crippen LogP contribution is -2.22. The molecule has 2 heterocycles. The van der Waals surface area contributed by atoms with Crippen LogP contribution < -0.4 is 5.56 Å². The normalized spacial score (nSPS) is 11.7. The summed E-state index contributed by atoms with van der Waals surface area (Å²) in [5.41, 5.74) is 1.61. The zero-order valence-electron chi connectivity index (χ0n) is 14.1. The molecule has 0 radical (unpaired) electrons. The number of hydrogen-bond donors (Lipinski definition) is 0. The van der Waals surface area contributed by atoms with E-state index in [1.165, 1.54) is 15.3 Å². The third kappa shape index (κ3) is 4.74. The van der Waals surface area contributed by atoms with Gasteiger partial charge in [0.05, 0.1) is 5.69 Å². The highest BCUT2D eigenvalue weighted by Gasteiger charge is 2.13. The Hall–Kier alpha value is -1.99. The van der Waals surface area contributed by atoms with Gasteiger partial charge in [-0.3, -0.25) is 9.59 Å². The van der Waals surface area contributed by atoms with E-state index in [2.05, 4.69) is 24.7 Å².